The lowest BCUT2D eigenvalue weighted by molar-refractivity contribution is 0.311. The van der Waals surface area contributed by atoms with Gasteiger partial charge in [0.2, 0.25) is 0 Å². The molecular formula is C23H26N2. The molecule has 2 aromatic carbocycles. The van der Waals surface area contributed by atoms with E-state index in [1.807, 2.05) is 32.0 Å². The molecule has 0 spiro atoms. The fourth-order valence-electron chi connectivity index (χ4n) is 3.38. The molecule has 128 valence electrons. The predicted molar refractivity (Wildman–Crippen MR) is 107 cm³/mol. The van der Waals surface area contributed by atoms with Crippen LogP contribution in [-0.2, 0) is 13.0 Å². The van der Waals surface area contributed by atoms with Gasteiger partial charge < -0.3 is 4.90 Å². The molecule has 1 aromatic heterocycles. The minimum absolute atomic E-state index is 1.01. The molecule has 25 heavy (non-hydrogen) atoms. The van der Waals surface area contributed by atoms with Crippen LogP contribution < -0.4 is 0 Å². The normalized spacial score (nSPS) is 13.4. The van der Waals surface area contributed by atoms with Crippen LogP contribution in [0.5, 0.6) is 0 Å². The summed E-state index contributed by atoms with van der Waals surface area (Å²) in [7, 11) is 2.19. The molecule has 0 radical (unpaired) electrons. The Morgan fingerprint density at radius 1 is 1.00 bits per heavy atom. The molecule has 0 bridgehead atoms. The topological polar surface area (TPSA) is 8.17 Å². The van der Waals surface area contributed by atoms with Gasteiger partial charge in [-0.2, -0.15) is 0 Å². The van der Waals surface area contributed by atoms with Crippen molar-refractivity contribution in [3.8, 4) is 12.0 Å². The smallest absolute Gasteiger partial charge is 0.0618 e. The van der Waals surface area contributed by atoms with Crippen LogP contribution in [0.25, 0.3) is 10.9 Å². The highest BCUT2D eigenvalue weighted by molar-refractivity contribution is 5.87. The molecule has 0 saturated carbocycles. The Bertz CT molecular complexity index is 923. The number of hydrogen-bond acceptors (Lipinski definition) is 1. The Morgan fingerprint density at radius 3 is 2.52 bits per heavy atom. The first-order valence-electron chi connectivity index (χ1n) is 9.11. The molecule has 2 heteroatoms. The van der Waals surface area contributed by atoms with Gasteiger partial charge in [0.15, 0.2) is 0 Å². The lowest BCUT2D eigenvalue weighted by Crippen LogP contribution is -2.27. The SMILES string of the molecule is CC.Cc1ccc2c(c1)c1c(n2C#Cc2ccccc2)CCN(C)C1. The zero-order valence-electron chi connectivity index (χ0n) is 15.6. The molecule has 0 amide bonds. The number of fused-ring (bicyclic) bond motifs is 3. The summed E-state index contributed by atoms with van der Waals surface area (Å²) in [6, 6.07) is 20.3. The van der Waals surface area contributed by atoms with Crippen LogP contribution in [0.4, 0.5) is 0 Å². The van der Waals surface area contributed by atoms with Gasteiger partial charge in [-0.05, 0) is 49.7 Å². The van der Waals surface area contributed by atoms with Crippen molar-refractivity contribution in [1.29, 1.82) is 0 Å². The van der Waals surface area contributed by atoms with Crippen LogP contribution in [0.15, 0.2) is 48.5 Å². The predicted octanol–water partition coefficient (Wildman–Crippen LogP) is 4.82. The zero-order valence-corrected chi connectivity index (χ0v) is 15.6. The first-order chi connectivity index (χ1) is 12.2. The van der Waals surface area contributed by atoms with Crippen LogP contribution in [0, 0.1) is 18.9 Å². The van der Waals surface area contributed by atoms with Crippen molar-refractivity contribution in [2.24, 2.45) is 0 Å². The second kappa shape index (κ2) is 7.59. The molecule has 0 aliphatic carbocycles. The molecule has 3 aromatic rings. The van der Waals surface area contributed by atoms with Crippen LogP contribution >= 0.6 is 0 Å². The fourth-order valence-corrected chi connectivity index (χ4v) is 3.38. The van der Waals surface area contributed by atoms with Crippen molar-refractivity contribution in [2.45, 2.75) is 33.7 Å². The fraction of sp³-hybridized carbons (Fsp3) is 0.304. The number of aromatic nitrogens is 1. The monoisotopic (exact) mass is 330 g/mol. The molecular weight excluding hydrogens is 304 g/mol. The maximum absolute atomic E-state index is 3.39. The van der Waals surface area contributed by atoms with E-state index in [9.17, 15) is 0 Å². The first-order valence-corrected chi connectivity index (χ1v) is 9.11. The molecule has 0 saturated heterocycles. The molecule has 1 aliphatic heterocycles. The lowest BCUT2D eigenvalue weighted by atomic mass is 10.0. The van der Waals surface area contributed by atoms with E-state index in [0.717, 1.165) is 25.1 Å². The minimum atomic E-state index is 1.01. The van der Waals surface area contributed by atoms with E-state index in [1.54, 1.807) is 0 Å². The van der Waals surface area contributed by atoms with Crippen molar-refractivity contribution in [1.82, 2.24) is 9.47 Å². The Balaban J connectivity index is 0.000000880. The van der Waals surface area contributed by atoms with Gasteiger partial charge in [-0.25, -0.2) is 0 Å². The molecule has 0 unspecified atom stereocenters. The number of rotatable bonds is 0. The average molecular weight is 330 g/mol. The second-order valence-electron chi connectivity index (χ2n) is 6.37. The van der Waals surface area contributed by atoms with Crippen molar-refractivity contribution in [2.75, 3.05) is 13.6 Å². The summed E-state index contributed by atoms with van der Waals surface area (Å²) in [5, 5.41) is 1.36. The van der Waals surface area contributed by atoms with E-state index in [0.29, 0.717) is 0 Å². The largest absolute Gasteiger partial charge is 0.302 e. The third kappa shape index (κ3) is 3.48. The Morgan fingerprint density at radius 2 is 1.76 bits per heavy atom. The van der Waals surface area contributed by atoms with Gasteiger partial charge >= 0.3 is 0 Å². The summed E-state index contributed by atoms with van der Waals surface area (Å²) in [5.74, 6) is 3.31. The van der Waals surface area contributed by atoms with Crippen molar-refractivity contribution >= 4 is 10.9 Å². The quantitative estimate of drug-likeness (QED) is 0.536. The third-order valence-electron chi connectivity index (χ3n) is 4.58. The Hall–Kier alpha value is -2.50. The summed E-state index contributed by atoms with van der Waals surface area (Å²) in [4.78, 5) is 2.39. The van der Waals surface area contributed by atoms with E-state index in [1.165, 1.54) is 27.7 Å². The molecule has 0 atom stereocenters. The standard InChI is InChI=1S/C21H20N2.C2H6/c1-16-8-9-20-18(14-16)19-15-22(2)12-11-21(19)23(20)13-10-17-6-4-3-5-7-17;1-2/h3-9,14H,11-12,15H2,1-2H3;1-2H3. The van der Waals surface area contributed by atoms with Gasteiger partial charge in [-0.1, -0.05) is 43.7 Å². The van der Waals surface area contributed by atoms with Crippen LogP contribution in [-0.4, -0.2) is 23.1 Å². The second-order valence-corrected chi connectivity index (χ2v) is 6.37. The van der Waals surface area contributed by atoms with Crippen LogP contribution in [0.3, 0.4) is 0 Å². The zero-order chi connectivity index (χ0) is 17.8. The molecule has 1 aliphatic rings. The average Bonchev–Trinajstić information content (AvgIpc) is 2.95. The highest BCUT2D eigenvalue weighted by Gasteiger charge is 2.21. The summed E-state index contributed by atoms with van der Waals surface area (Å²) < 4.78 is 2.21. The number of likely N-dealkylation sites (N-methyl/N-ethyl adjacent to an activating group) is 1. The van der Waals surface area contributed by atoms with Crippen molar-refractivity contribution in [3.63, 3.8) is 0 Å². The molecule has 0 fully saturated rings. The molecule has 0 N–H and O–H groups in total. The van der Waals surface area contributed by atoms with Gasteiger partial charge in [0, 0.05) is 42.2 Å². The Labute approximate surface area is 151 Å². The van der Waals surface area contributed by atoms with Gasteiger partial charge in [-0.15, -0.1) is 0 Å². The highest BCUT2D eigenvalue weighted by Crippen LogP contribution is 2.30. The summed E-state index contributed by atoms with van der Waals surface area (Å²) >= 11 is 0. The van der Waals surface area contributed by atoms with Gasteiger partial charge in [0.05, 0.1) is 5.52 Å². The van der Waals surface area contributed by atoms with E-state index < -0.39 is 0 Å². The maximum Gasteiger partial charge on any atom is 0.0618 e. The van der Waals surface area contributed by atoms with Crippen molar-refractivity contribution < 1.29 is 0 Å². The minimum Gasteiger partial charge on any atom is -0.302 e. The molecule has 4 rings (SSSR count). The van der Waals surface area contributed by atoms with Gasteiger partial charge in [0.25, 0.3) is 0 Å². The lowest BCUT2D eigenvalue weighted by Gasteiger charge is -2.23. The van der Waals surface area contributed by atoms with E-state index in [2.05, 4.69) is 65.7 Å². The van der Waals surface area contributed by atoms with Crippen LogP contribution in [0.1, 0.15) is 36.2 Å². The number of hydrogen-bond donors (Lipinski definition) is 0. The summed E-state index contributed by atoms with van der Waals surface area (Å²) in [6.45, 7) is 8.26. The van der Waals surface area contributed by atoms with Crippen molar-refractivity contribution in [3.05, 3.63) is 70.9 Å². The number of benzene rings is 2. The van der Waals surface area contributed by atoms with Gasteiger partial charge in [-0.3, -0.25) is 4.57 Å². The van der Waals surface area contributed by atoms with Crippen LogP contribution in [0.2, 0.25) is 0 Å². The van der Waals surface area contributed by atoms with E-state index in [4.69, 9.17) is 0 Å². The Kier molecular flexibility index (Phi) is 5.26. The molecule has 2 nitrogen and oxygen atoms in total. The highest BCUT2D eigenvalue weighted by atomic mass is 15.1. The third-order valence-corrected chi connectivity index (χ3v) is 4.58. The molecule has 2 heterocycles. The van der Waals surface area contributed by atoms with Gasteiger partial charge in [0.1, 0.15) is 0 Å². The van der Waals surface area contributed by atoms with E-state index >= 15 is 0 Å². The summed E-state index contributed by atoms with van der Waals surface area (Å²) in [5.41, 5.74) is 6.43. The maximum atomic E-state index is 3.39. The number of nitrogens with zero attached hydrogens (tertiary/aromatic N) is 2. The first kappa shape index (κ1) is 17.3. The summed E-state index contributed by atoms with van der Waals surface area (Å²) in [6.07, 6.45) is 1.06. The van der Waals surface area contributed by atoms with E-state index in [-0.39, 0.29) is 0 Å². The number of aryl methyl sites for hydroxylation is 1.